The largest absolute Gasteiger partial charge is 0.496 e. The van der Waals surface area contributed by atoms with Crippen molar-refractivity contribution >= 4 is 5.91 Å². The van der Waals surface area contributed by atoms with Crippen molar-refractivity contribution in [3.05, 3.63) is 36.3 Å². The lowest BCUT2D eigenvalue weighted by atomic mass is 10.1. The van der Waals surface area contributed by atoms with Gasteiger partial charge in [0.25, 0.3) is 5.91 Å². The molecule has 0 bridgehead atoms. The number of methoxy groups -OCH3 is 1. The third-order valence-corrected chi connectivity index (χ3v) is 4.45. The van der Waals surface area contributed by atoms with E-state index in [1.54, 1.807) is 7.11 Å². The highest BCUT2D eigenvalue weighted by Gasteiger charge is 2.41. The van der Waals surface area contributed by atoms with Crippen molar-refractivity contribution in [2.45, 2.75) is 25.0 Å². The first-order valence-corrected chi connectivity index (χ1v) is 7.88. The molecular weight excluding hydrogens is 294 g/mol. The van der Waals surface area contributed by atoms with E-state index in [2.05, 4.69) is 9.97 Å². The van der Waals surface area contributed by atoms with E-state index in [0.29, 0.717) is 6.61 Å². The fourth-order valence-electron chi connectivity index (χ4n) is 3.20. The monoisotopic (exact) mass is 313 g/mol. The predicted molar refractivity (Wildman–Crippen MR) is 84.0 cm³/mol. The molecule has 0 aliphatic carbocycles. The molecule has 0 spiro atoms. The lowest BCUT2D eigenvalue weighted by Crippen LogP contribution is -2.34. The number of rotatable bonds is 4. The molecule has 23 heavy (non-hydrogen) atoms. The van der Waals surface area contributed by atoms with Gasteiger partial charge in [-0.25, -0.2) is 4.98 Å². The highest BCUT2D eigenvalue weighted by Crippen LogP contribution is 2.35. The third kappa shape index (κ3) is 2.59. The van der Waals surface area contributed by atoms with Gasteiger partial charge in [-0.05, 0) is 25.0 Å². The number of carbonyl (C=O) groups excluding carboxylic acids is 1. The van der Waals surface area contributed by atoms with Gasteiger partial charge in [0, 0.05) is 12.1 Å². The maximum atomic E-state index is 12.3. The Hall–Kier alpha value is -2.34. The van der Waals surface area contributed by atoms with Crippen LogP contribution in [0.4, 0.5) is 0 Å². The number of para-hydroxylation sites is 1. The first-order valence-electron chi connectivity index (χ1n) is 7.88. The van der Waals surface area contributed by atoms with Crippen LogP contribution in [-0.4, -0.2) is 47.1 Å². The van der Waals surface area contributed by atoms with E-state index in [4.69, 9.17) is 9.47 Å². The van der Waals surface area contributed by atoms with Crippen molar-refractivity contribution in [1.29, 1.82) is 0 Å². The minimum atomic E-state index is -0.237. The molecule has 1 N–H and O–H groups in total. The van der Waals surface area contributed by atoms with E-state index < -0.39 is 0 Å². The van der Waals surface area contributed by atoms with Crippen LogP contribution in [0, 0.1) is 0 Å². The maximum Gasteiger partial charge on any atom is 0.254 e. The van der Waals surface area contributed by atoms with Crippen molar-refractivity contribution in [1.82, 2.24) is 14.9 Å². The first kappa shape index (κ1) is 14.3. The number of likely N-dealkylation sites (tertiary alicyclic amines) is 1. The van der Waals surface area contributed by atoms with Crippen LogP contribution < -0.4 is 4.74 Å². The maximum absolute atomic E-state index is 12.3. The van der Waals surface area contributed by atoms with Crippen molar-refractivity contribution in [3.8, 4) is 17.0 Å². The number of amides is 1. The number of aromatic amines is 1. The van der Waals surface area contributed by atoms with Gasteiger partial charge in [0.2, 0.25) is 0 Å². The van der Waals surface area contributed by atoms with Gasteiger partial charge in [-0.2, -0.15) is 0 Å². The van der Waals surface area contributed by atoms with Crippen LogP contribution in [-0.2, 0) is 9.53 Å². The molecule has 1 amide bonds. The van der Waals surface area contributed by atoms with Crippen LogP contribution in [0.2, 0.25) is 0 Å². The molecule has 2 fully saturated rings. The number of ether oxygens (including phenoxy) is 2. The van der Waals surface area contributed by atoms with Gasteiger partial charge in [0.05, 0.1) is 31.6 Å². The molecule has 2 saturated heterocycles. The Kier molecular flexibility index (Phi) is 3.53. The SMILES string of the molecule is COc1ccccc1-c1cnc(C2CCCN2C(=O)C2CO2)[nH]1. The topological polar surface area (TPSA) is 70.8 Å². The van der Waals surface area contributed by atoms with Gasteiger partial charge < -0.3 is 19.4 Å². The zero-order valence-corrected chi connectivity index (χ0v) is 13.0. The predicted octanol–water partition coefficient (Wildman–Crippen LogP) is 2.15. The van der Waals surface area contributed by atoms with E-state index in [0.717, 1.165) is 42.2 Å². The summed E-state index contributed by atoms with van der Waals surface area (Å²) in [5.74, 6) is 1.72. The molecule has 2 aliphatic heterocycles. The smallest absolute Gasteiger partial charge is 0.254 e. The van der Waals surface area contributed by atoms with Crippen LogP contribution in [0.25, 0.3) is 11.3 Å². The minimum Gasteiger partial charge on any atom is -0.496 e. The number of hydrogen-bond donors (Lipinski definition) is 1. The molecule has 2 aliphatic rings. The van der Waals surface area contributed by atoms with Crippen LogP contribution >= 0.6 is 0 Å². The van der Waals surface area contributed by atoms with Gasteiger partial charge in [-0.1, -0.05) is 12.1 Å². The number of nitrogens with one attached hydrogen (secondary N) is 1. The van der Waals surface area contributed by atoms with Crippen molar-refractivity contribution in [2.75, 3.05) is 20.3 Å². The number of hydrogen-bond acceptors (Lipinski definition) is 4. The van der Waals surface area contributed by atoms with E-state index in [-0.39, 0.29) is 18.1 Å². The summed E-state index contributed by atoms with van der Waals surface area (Å²) in [6.07, 6.45) is 3.49. The number of epoxide rings is 1. The van der Waals surface area contributed by atoms with Crippen LogP contribution in [0.3, 0.4) is 0 Å². The average Bonchev–Trinajstić information content (AvgIpc) is 3.12. The number of aromatic nitrogens is 2. The molecule has 3 heterocycles. The number of nitrogens with zero attached hydrogens (tertiary/aromatic N) is 2. The second-order valence-electron chi connectivity index (χ2n) is 5.89. The quantitative estimate of drug-likeness (QED) is 0.878. The zero-order chi connectivity index (χ0) is 15.8. The Morgan fingerprint density at radius 1 is 1.43 bits per heavy atom. The van der Waals surface area contributed by atoms with E-state index in [1.807, 2.05) is 35.4 Å². The van der Waals surface area contributed by atoms with Crippen LogP contribution in [0.1, 0.15) is 24.7 Å². The van der Waals surface area contributed by atoms with Crippen LogP contribution in [0.5, 0.6) is 5.75 Å². The number of imidazole rings is 1. The summed E-state index contributed by atoms with van der Waals surface area (Å²) in [6.45, 7) is 1.32. The van der Waals surface area contributed by atoms with Crippen molar-refractivity contribution < 1.29 is 14.3 Å². The summed E-state index contributed by atoms with van der Waals surface area (Å²) < 4.78 is 10.5. The van der Waals surface area contributed by atoms with E-state index >= 15 is 0 Å². The van der Waals surface area contributed by atoms with E-state index in [1.165, 1.54) is 0 Å². The molecule has 120 valence electrons. The second-order valence-corrected chi connectivity index (χ2v) is 5.89. The standard InChI is InChI=1S/C17H19N3O3/c1-22-14-7-3-2-5-11(14)12-9-18-16(19-12)13-6-4-8-20(13)17(21)15-10-23-15/h2-3,5,7,9,13,15H,4,6,8,10H2,1H3,(H,18,19). The van der Waals surface area contributed by atoms with Gasteiger partial charge in [-0.15, -0.1) is 0 Å². The first-order chi connectivity index (χ1) is 11.3. The summed E-state index contributed by atoms with van der Waals surface area (Å²) in [4.78, 5) is 22.1. The molecule has 2 atom stereocenters. The van der Waals surface area contributed by atoms with Gasteiger partial charge in [0.1, 0.15) is 11.6 Å². The zero-order valence-electron chi connectivity index (χ0n) is 13.0. The molecule has 6 nitrogen and oxygen atoms in total. The lowest BCUT2D eigenvalue weighted by Gasteiger charge is -2.22. The Labute approximate surface area is 134 Å². The minimum absolute atomic E-state index is 0.00940. The summed E-state index contributed by atoms with van der Waals surface area (Å²) in [6, 6.07) is 7.83. The Balaban J connectivity index is 1.61. The molecule has 4 rings (SSSR count). The summed E-state index contributed by atoms with van der Waals surface area (Å²) in [7, 11) is 1.66. The fraction of sp³-hybridized carbons (Fsp3) is 0.412. The Morgan fingerprint density at radius 2 is 2.26 bits per heavy atom. The molecular formula is C17H19N3O3. The molecule has 0 saturated carbocycles. The Morgan fingerprint density at radius 3 is 3.04 bits per heavy atom. The lowest BCUT2D eigenvalue weighted by molar-refractivity contribution is -0.133. The third-order valence-electron chi connectivity index (χ3n) is 4.45. The fourth-order valence-corrected chi connectivity index (χ4v) is 3.20. The molecule has 6 heteroatoms. The summed E-state index contributed by atoms with van der Waals surface area (Å²) >= 11 is 0. The van der Waals surface area contributed by atoms with Crippen molar-refractivity contribution in [3.63, 3.8) is 0 Å². The summed E-state index contributed by atoms with van der Waals surface area (Å²) in [5.41, 5.74) is 1.87. The normalized spacial score (nSPS) is 23.1. The highest BCUT2D eigenvalue weighted by atomic mass is 16.6. The molecule has 1 aromatic heterocycles. The molecule has 2 aromatic rings. The summed E-state index contributed by atoms with van der Waals surface area (Å²) in [5, 5.41) is 0. The van der Waals surface area contributed by atoms with E-state index in [9.17, 15) is 4.79 Å². The average molecular weight is 313 g/mol. The van der Waals surface area contributed by atoms with Gasteiger partial charge >= 0.3 is 0 Å². The van der Waals surface area contributed by atoms with Gasteiger partial charge in [-0.3, -0.25) is 4.79 Å². The number of carbonyl (C=O) groups is 1. The highest BCUT2D eigenvalue weighted by molar-refractivity contribution is 5.83. The number of benzene rings is 1. The van der Waals surface area contributed by atoms with Crippen LogP contribution in [0.15, 0.2) is 30.5 Å². The Bertz CT molecular complexity index is 723. The molecule has 2 unspecified atom stereocenters. The van der Waals surface area contributed by atoms with Crippen molar-refractivity contribution in [2.24, 2.45) is 0 Å². The molecule has 1 aromatic carbocycles. The van der Waals surface area contributed by atoms with Gasteiger partial charge in [0.15, 0.2) is 6.10 Å². The second kappa shape index (κ2) is 5.70. The number of H-pyrrole nitrogens is 1. The molecule has 0 radical (unpaired) electrons.